The van der Waals surface area contributed by atoms with E-state index in [4.69, 9.17) is 10.7 Å². The highest BCUT2D eigenvalue weighted by atomic mass is 19.3. The molecule has 0 unspecified atom stereocenters. The Morgan fingerprint density at radius 2 is 1.80 bits per heavy atom. The maximum atomic E-state index is 14.2. The van der Waals surface area contributed by atoms with Crippen LogP contribution in [0.1, 0.15) is 71.5 Å². The molecule has 3 aliphatic heterocycles. The molecular formula is C31H31F2N7O. The second kappa shape index (κ2) is 8.55. The van der Waals surface area contributed by atoms with Gasteiger partial charge in [0.15, 0.2) is 0 Å². The molecule has 41 heavy (non-hydrogen) atoms. The van der Waals surface area contributed by atoms with E-state index in [1.165, 1.54) is 25.3 Å². The monoisotopic (exact) mass is 555 g/mol. The highest BCUT2D eigenvalue weighted by molar-refractivity contribution is 5.97. The van der Waals surface area contributed by atoms with Crippen molar-refractivity contribution in [2.75, 3.05) is 25.0 Å². The molecule has 2 aromatic heterocycles. The fourth-order valence-electron chi connectivity index (χ4n) is 7.13. The third-order valence-electron chi connectivity index (χ3n) is 9.60. The lowest BCUT2D eigenvalue weighted by atomic mass is 9.91. The van der Waals surface area contributed by atoms with Crippen molar-refractivity contribution in [3.8, 4) is 11.1 Å². The van der Waals surface area contributed by atoms with E-state index in [9.17, 15) is 13.6 Å². The van der Waals surface area contributed by atoms with E-state index in [-0.39, 0.29) is 31.1 Å². The number of hydrogen-bond donors (Lipinski definition) is 1. The number of fused-ring (bicyclic) bond motifs is 9. The second-order valence-electron chi connectivity index (χ2n) is 12.2. The first-order valence-corrected chi connectivity index (χ1v) is 14.3. The molecule has 0 radical (unpaired) electrons. The number of nitrogens with two attached hydrogens (primary N) is 1. The summed E-state index contributed by atoms with van der Waals surface area (Å²) in [6, 6.07) is 11.0. The smallest absolute Gasteiger partial charge is 0.268 e. The Bertz CT molecular complexity index is 1700. The number of hydrogen-bond acceptors (Lipinski definition) is 6. The van der Waals surface area contributed by atoms with Crippen molar-refractivity contribution in [1.29, 1.82) is 0 Å². The van der Waals surface area contributed by atoms with Gasteiger partial charge in [0, 0.05) is 56.0 Å². The fraction of sp³-hybridized carbons (Fsp3) is 0.419. The van der Waals surface area contributed by atoms with Gasteiger partial charge in [-0.05, 0) is 53.6 Å². The van der Waals surface area contributed by atoms with Crippen LogP contribution in [0.4, 0.5) is 14.7 Å². The molecular weight excluding hydrogens is 524 g/mol. The van der Waals surface area contributed by atoms with Crippen molar-refractivity contribution in [2.45, 2.75) is 56.2 Å². The van der Waals surface area contributed by atoms with E-state index in [0.717, 1.165) is 45.5 Å². The van der Waals surface area contributed by atoms with Crippen LogP contribution in [0, 0.1) is 5.92 Å². The number of piperidine rings is 1. The molecule has 2 N–H and O–H groups in total. The summed E-state index contributed by atoms with van der Waals surface area (Å²) in [5.74, 6) is -1.87. The van der Waals surface area contributed by atoms with Crippen molar-refractivity contribution in [3.05, 3.63) is 71.3 Å². The van der Waals surface area contributed by atoms with Gasteiger partial charge in [0.1, 0.15) is 5.82 Å². The number of alkyl halides is 2. The van der Waals surface area contributed by atoms with E-state index in [2.05, 4.69) is 26.7 Å². The minimum atomic E-state index is -2.91. The van der Waals surface area contributed by atoms with Crippen LogP contribution in [0.3, 0.4) is 0 Å². The van der Waals surface area contributed by atoms with Gasteiger partial charge < -0.3 is 20.1 Å². The van der Waals surface area contributed by atoms with Crippen LogP contribution in [-0.2, 0) is 0 Å². The average molecular weight is 556 g/mol. The molecule has 4 aliphatic rings. The van der Waals surface area contributed by atoms with Crippen molar-refractivity contribution >= 4 is 22.9 Å². The number of carbonyl (C=O) groups excluding carboxylic acids is 1. The number of halogens is 2. The van der Waals surface area contributed by atoms with Crippen molar-refractivity contribution in [1.82, 2.24) is 24.4 Å². The molecule has 1 saturated heterocycles. The Kier molecular flexibility index (Phi) is 5.18. The largest absolute Gasteiger partial charge is 0.339 e. The van der Waals surface area contributed by atoms with E-state index in [1.54, 1.807) is 17.3 Å². The summed E-state index contributed by atoms with van der Waals surface area (Å²) < 4.78 is 30.8. The van der Waals surface area contributed by atoms with Crippen molar-refractivity contribution in [2.24, 2.45) is 11.7 Å². The topological polar surface area (TPSA) is 93.2 Å². The number of rotatable bonds is 3. The Labute approximate surface area is 236 Å². The quantitative estimate of drug-likeness (QED) is 0.386. The highest BCUT2D eigenvalue weighted by Crippen LogP contribution is 2.52. The van der Waals surface area contributed by atoms with E-state index >= 15 is 0 Å². The number of aromatic nitrogens is 4. The number of carbonyl (C=O) groups is 1. The third-order valence-corrected chi connectivity index (χ3v) is 9.60. The molecule has 1 saturated carbocycles. The van der Waals surface area contributed by atoms with Gasteiger partial charge in [-0.2, -0.15) is 0 Å². The normalized spacial score (nSPS) is 26.7. The predicted molar refractivity (Wildman–Crippen MR) is 151 cm³/mol. The molecule has 1 aliphatic carbocycles. The molecule has 0 spiro atoms. The zero-order valence-electron chi connectivity index (χ0n) is 23.0. The molecule has 2 aromatic carbocycles. The Morgan fingerprint density at radius 3 is 2.54 bits per heavy atom. The first-order chi connectivity index (χ1) is 19.7. The Morgan fingerprint density at radius 1 is 1.02 bits per heavy atom. The standard InChI is InChI=1S/C31H31F2N7O/c1-16-14-39(15-26(34)31(16,32)33)30-35-12-19(13-36-30)18-8-9-22-23(10-18)40-24-11-25(28(40)37-22)38(2)29(41)21-5-3-4-20(27(21)24)17-6-7-17/h3-5,8-10,12-13,16-17,24-26H,6-7,11,14-15,34H2,1-2H3/t16-,24-,25-,26+/m1/s1. The lowest BCUT2D eigenvalue weighted by Crippen LogP contribution is -2.60. The number of nitrogens with zero attached hydrogens (tertiary/aromatic N) is 6. The van der Waals surface area contributed by atoms with Crippen molar-refractivity contribution < 1.29 is 13.6 Å². The summed E-state index contributed by atoms with van der Waals surface area (Å²) in [7, 11) is 1.89. The minimum absolute atomic E-state index is 0.00836. The van der Waals surface area contributed by atoms with E-state index in [0.29, 0.717) is 11.9 Å². The fourth-order valence-corrected chi connectivity index (χ4v) is 7.13. The van der Waals surface area contributed by atoms with Crippen LogP contribution in [0.2, 0.25) is 0 Å². The van der Waals surface area contributed by atoms with Gasteiger partial charge in [0.05, 0.1) is 29.2 Å². The minimum Gasteiger partial charge on any atom is -0.339 e. The van der Waals surface area contributed by atoms with Gasteiger partial charge >= 0.3 is 0 Å². The Balaban J connectivity index is 1.18. The molecule has 210 valence electrons. The number of anilines is 1. The molecule has 2 fully saturated rings. The van der Waals surface area contributed by atoms with E-state index in [1.807, 2.05) is 36.2 Å². The number of benzene rings is 2. The highest BCUT2D eigenvalue weighted by Gasteiger charge is 2.48. The van der Waals surface area contributed by atoms with Crippen LogP contribution in [0.25, 0.3) is 22.2 Å². The maximum Gasteiger partial charge on any atom is 0.268 e. The molecule has 4 aromatic rings. The predicted octanol–water partition coefficient (Wildman–Crippen LogP) is 4.91. The SMILES string of the molecule is C[C@@H]1CN(c2ncc(-c3ccc4nc5n(c4c3)[C@@H]3C[C@H]5N(C)C(=O)c4cccc(C5CC5)c43)cn2)C[C@H](N)C1(F)F. The van der Waals surface area contributed by atoms with Crippen LogP contribution in [0.15, 0.2) is 48.8 Å². The zero-order chi connectivity index (χ0) is 28.2. The maximum absolute atomic E-state index is 14.2. The molecule has 8 rings (SSSR count). The molecule has 1 amide bonds. The lowest BCUT2D eigenvalue weighted by molar-refractivity contribution is -0.0808. The summed E-state index contributed by atoms with van der Waals surface area (Å²) >= 11 is 0. The van der Waals surface area contributed by atoms with E-state index < -0.39 is 17.9 Å². The molecule has 4 atom stereocenters. The first-order valence-electron chi connectivity index (χ1n) is 14.3. The third kappa shape index (κ3) is 3.59. The molecule has 8 nitrogen and oxygen atoms in total. The van der Waals surface area contributed by atoms with Gasteiger partial charge in [0.25, 0.3) is 11.8 Å². The van der Waals surface area contributed by atoms with Crippen molar-refractivity contribution in [3.63, 3.8) is 0 Å². The molecule has 2 bridgehead atoms. The molecule has 10 heteroatoms. The summed E-state index contributed by atoms with van der Waals surface area (Å²) in [4.78, 5) is 31.2. The summed E-state index contributed by atoms with van der Waals surface area (Å²) in [6.07, 6.45) is 6.63. The summed E-state index contributed by atoms with van der Waals surface area (Å²) in [6.45, 7) is 1.67. The first kappa shape index (κ1) is 24.8. The van der Waals surface area contributed by atoms with Gasteiger partial charge in [-0.3, -0.25) is 4.79 Å². The number of amides is 1. The average Bonchev–Trinajstić information content (AvgIpc) is 3.68. The van der Waals surface area contributed by atoms with Gasteiger partial charge in [-0.1, -0.05) is 25.1 Å². The van der Waals surface area contributed by atoms with Crippen LogP contribution in [-0.4, -0.2) is 62.4 Å². The number of imidazole rings is 1. The van der Waals surface area contributed by atoms with Crippen LogP contribution in [0.5, 0.6) is 0 Å². The van der Waals surface area contributed by atoms with Crippen LogP contribution < -0.4 is 10.6 Å². The Hall–Kier alpha value is -3.92. The molecule has 5 heterocycles. The van der Waals surface area contributed by atoms with Gasteiger partial charge in [0.2, 0.25) is 5.95 Å². The lowest BCUT2D eigenvalue weighted by Gasteiger charge is -2.40. The second-order valence-corrected chi connectivity index (χ2v) is 12.2. The summed E-state index contributed by atoms with van der Waals surface area (Å²) in [5, 5.41) is 0. The zero-order valence-corrected chi connectivity index (χ0v) is 23.0. The van der Waals surface area contributed by atoms with Crippen LogP contribution >= 0.6 is 0 Å². The van der Waals surface area contributed by atoms with Gasteiger partial charge in [-0.25, -0.2) is 23.7 Å². The summed E-state index contributed by atoms with van der Waals surface area (Å²) in [5.41, 5.74) is 12.7. The van der Waals surface area contributed by atoms with Gasteiger partial charge in [-0.15, -0.1) is 0 Å².